The van der Waals surface area contributed by atoms with Gasteiger partial charge in [0.1, 0.15) is 17.4 Å². The van der Waals surface area contributed by atoms with Crippen molar-refractivity contribution >= 4 is 45.9 Å². The summed E-state index contributed by atoms with van der Waals surface area (Å²) < 4.78 is 64.8. The first kappa shape index (κ1) is 28.5. The van der Waals surface area contributed by atoms with Crippen LogP contribution in [0.1, 0.15) is 11.1 Å². The van der Waals surface area contributed by atoms with E-state index in [2.05, 4.69) is 24.7 Å². The van der Waals surface area contributed by atoms with Crippen LogP contribution >= 0.6 is 0 Å². The first-order valence-electron chi connectivity index (χ1n) is 11.8. The number of nitrogens with zero attached hydrogens (tertiary/aromatic N) is 3. The first-order valence-corrected chi connectivity index (χ1v) is 12.9. The van der Waals surface area contributed by atoms with E-state index in [-0.39, 0.29) is 24.4 Å². The van der Waals surface area contributed by atoms with E-state index in [4.69, 9.17) is 0 Å². The van der Waals surface area contributed by atoms with E-state index in [1.165, 1.54) is 24.3 Å². The van der Waals surface area contributed by atoms with E-state index in [0.717, 1.165) is 11.3 Å². The normalized spacial score (nSPS) is 11.9. The maximum absolute atomic E-state index is 12.5. The number of hydrogen-bond acceptors (Lipinski definition) is 8. The van der Waals surface area contributed by atoms with E-state index in [0.29, 0.717) is 28.7 Å². The van der Waals surface area contributed by atoms with Gasteiger partial charge in [0, 0.05) is 54.4 Å². The zero-order valence-electron chi connectivity index (χ0n) is 21.0. The van der Waals surface area contributed by atoms with Gasteiger partial charge in [-0.25, -0.2) is 4.98 Å². The second-order valence-electron chi connectivity index (χ2n) is 8.59. The summed E-state index contributed by atoms with van der Waals surface area (Å²) in [5.74, 6) is 0.480. The lowest BCUT2D eigenvalue weighted by atomic mass is 10.0. The summed E-state index contributed by atoms with van der Waals surface area (Å²) in [5, 5.41) is 3.04. The van der Waals surface area contributed by atoms with Crippen molar-refractivity contribution in [1.29, 1.82) is 0 Å². The summed E-state index contributed by atoms with van der Waals surface area (Å²) in [6, 6.07) is 20.9. The van der Waals surface area contributed by atoms with Crippen molar-refractivity contribution in [2.45, 2.75) is 19.2 Å². The number of aromatic nitrogens is 2. The van der Waals surface area contributed by atoms with Gasteiger partial charge >= 0.3 is 6.36 Å². The number of carbonyl (C=O) groups excluding carboxylic acids is 1. The Hall–Kier alpha value is -4.49. The molecule has 0 saturated carbocycles. The average molecular weight is 571 g/mol. The molecule has 208 valence electrons. The van der Waals surface area contributed by atoms with Crippen molar-refractivity contribution in [2.24, 2.45) is 0 Å². The molecule has 40 heavy (non-hydrogen) atoms. The molecular formula is C27H23F3N5O4S-. The molecule has 1 heterocycles. The predicted molar refractivity (Wildman–Crippen MR) is 144 cm³/mol. The fourth-order valence-corrected chi connectivity index (χ4v) is 4.10. The number of halogens is 3. The van der Waals surface area contributed by atoms with Crippen molar-refractivity contribution in [1.82, 2.24) is 9.97 Å². The Labute approximate surface area is 230 Å². The highest BCUT2D eigenvalue weighted by Crippen LogP contribution is 2.25. The summed E-state index contributed by atoms with van der Waals surface area (Å²) in [4.78, 5) is 23.1. The zero-order chi connectivity index (χ0) is 28.7. The first-order chi connectivity index (χ1) is 19.0. The van der Waals surface area contributed by atoms with Crippen molar-refractivity contribution in [2.75, 3.05) is 22.0 Å². The largest absolute Gasteiger partial charge is 0.755 e. The molecule has 0 fully saturated rings. The molecule has 13 heteroatoms. The molecular weight excluding hydrogens is 547 g/mol. The minimum Gasteiger partial charge on any atom is -0.755 e. The SMILES string of the molecule is CN(c1ccc(CC(=O)Cc2ccc(OC(F)(F)F)cc2)cc1)c1ccnc(Nc2cccc(NS(=O)[O-])c2)n1. The van der Waals surface area contributed by atoms with E-state index in [1.54, 1.807) is 36.5 Å². The second kappa shape index (κ2) is 12.6. The van der Waals surface area contributed by atoms with Crippen LogP contribution in [0.4, 0.5) is 42.0 Å². The smallest absolute Gasteiger partial charge is 0.573 e. The number of anilines is 5. The minimum absolute atomic E-state index is 0.0817. The molecule has 0 spiro atoms. The highest BCUT2D eigenvalue weighted by molar-refractivity contribution is 7.80. The maximum Gasteiger partial charge on any atom is 0.573 e. The maximum atomic E-state index is 12.5. The lowest BCUT2D eigenvalue weighted by Gasteiger charge is -2.19. The van der Waals surface area contributed by atoms with Gasteiger partial charge in [0.05, 0.1) is 0 Å². The molecule has 0 radical (unpaired) electrons. The van der Waals surface area contributed by atoms with Crippen LogP contribution in [-0.2, 0) is 28.9 Å². The molecule has 4 aromatic rings. The molecule has 0 amide bonds. The molecule has 0 aliphatic carbocycles. The predicted octanol–water partition coefficient (Wildman–Crippen LogP) is 5.45. The van der Waals surface area contributed by atoms with Crippen LogP contribution in [0.25, 0.3) is 0 Å². The van der Waals surface area contributed by atoms with Gasteiger partial charge in [-0.05, 0) is 59.7 Å². The van der Waals surface area contributed by atoms with Gasteiger partial charge in [0.2, 0.25) is 5.95 Å². The Bertz CT molecular complexity index is 1490. The minimum atomic E-state index is -4.77. The van der Waals surface area contributed by atoms with Crippen LogP contribution in [0.15, 0.2) is 85.1 Å². The molecule has 1 atom stereocenters. The Kier molecular flexibility index (Phi) is 8.97. The van der Waals surface area contributed by atoms with Crippen molar-refractivity contribution in [3.8, 4) is 5.75 Å². The molecule has 9 nitrogen and oxygen atoms in total. The number of benzene rings is 3. The molecule has 0 bridgehead atoms. The van der Waals surface area contributed by atoms with Gasteiger partial charge in [-0.15, -0.1) is 13.2 Å². The van der Waals surface area contributed by atoms with Crippen LogP contribution in [0.5, 0.6) is 5.75 Å². The fourth-order valence-electron chi connectivity index (χ4n) is 3.78. The van der Waals surface area contributed by atoms with E-state index < -0.39 is 17.6 Å². The molecule has 0 saturated heterocycles. The highest BCUT2D eigenvalue weighted by atomic mass is 32.2. The van der Waals surface area contributed by atoms with Crippen molar-refractivity contribution in [3.63, 3.8) is 0 Å². The summed E-state index contributed by atoms with van der Waals surface area (Å²) >= 11 is -2.44. The second-order valence-corrected chi connectivity index (χ2v) is 9.26. The molecule has 4 rings (SSSR count). The molecule has 0 aliphatic rings. The number of ketones is 1. The number of hydrogen-bond donors (Lipinski definition) is 2. The number of Topliss-reactive ketones (excluding diaryl/α,β-unsaturated/α-hetero) is 1. The van der Waals surface area contributed by atoms with Gasteiger partial charge in [0.15, 0.2) is 0 Å². The molecule has 0 aliphatic heterocycles. The van der Waals surface area contributed by atoms with Crippen LogP contribution < -0.4 is 19.7 Å². The number of nitrogens with one attached hydrogen (secondary N) is 2. The molecule has 2 N–H and O–H groups in total. The molecule has 3 aromatic carbocycles. The van der Waals surface area contributed by atoms with Crippen molar-refractivity contribution < 1.29 is 31.5 Å². The molecule has 1 unspecified atom stereocenters. The van der Waals surface area contributed by atoms with Gasteiger partial charge in [-0.2, -0.15) is 4.98 Å². The van der Waals surface area contributed by atoms with Crippen LogP contribution in [0.2, 0.25) is 0 Å². The Balaban J connectivity index is 1.35. The summed E-state index contributed by atoms with van der Waals surface area (Å²) in [5.41, 5.74) is 3.17. The number of carbonyl (C=O) groups is 1. The van der Waals surface area contributed by atoms with Gasteiger partial charge in [-0.1, -0.05) is 30.3 Å². The van der Waals surface area contributed by atoms with E-state index in [9.17, 15) is 26.7 Å². The standard InChI is InChI=1S/C27H24F3N5O4S/c1-35(25-13-14-31-26(33-25)32-20-3-2-4-21(17-20)34-40(37)38)22-9-5-18(6-10-22)15-23(36)16-19-7-11-24(12-8-19)39-27(28,29)30/h2-14,17,34H,15-16H2,1H3,(H,37,38)(H,31,32,33)/p-1. The van der Waals surface area contributed by atoms with Gasteiger partial charge in [-0.3, -0.25) is 9.00 Å². The number of ether oxygens (including phenoxy) is 1. The highest BCUT2D eigenvalue weighted by Gasteiger charge is 2.31. The van der Waals surface area contributed by atoms with Gasteiger partial charge in [0.25, 0.3) is 0 Å². The number of rotatable bonds is 11. The third kappa shape index (κ3) is 8.51. The monoisotopic (exact) mass is 570 g/mol. The van der Waals surface area contributed by atoms with E-state index in [1.807, 2.05) is 36.2 Å². The number of alkyl halides is 3. The summed E-state index contributed by atoms with van der Waals surface area (Å²) in [6.07, 6.45) is -2.93. The van der Waals surface area contributed by atoms with Crippen LogP contribution in [-0.4, -0.2) is 37.9 Å². The molecule has 1 aromatic heterocycles. The lowest BCUT2D eigenvalue weighted by Crippen LogP contribution is -2.17. The summed E-state index contributed by atoms with van der Waals surface area (Å²) in [6.45, 7) is 0. The van der Waals surface area contributed by atoms with Crippen LogP contribution in [0.3, 0.4) is 0 Å². The third-order valence-corrected chi connectivity index (χ3v) is 5.99. The summed E-state index contributed by atoms with van der Waals surface area (Å²) in [7, 11) is 1.83. The topological polar surface area (TPSA) is 120 Å². The average Bonchev–Trinajstić information content (AvgIpc) is 2.89. The van der Waals surface area contributed by atoms with Crippen molar-refractivity contribution in [3.05, 3.63) is 96.2 Å². The Morgan fingerprint density at radius 3 is 2.23 bits per heavy atom. The van der Waals surface area contributed by atoms with E-state index >= 15 is 0 Å². The fraction of sp³-hybridized carbons (Fsp3) is 0.148. The van der Waals surface area contributed by atoms with Crippen LogP contribution in [0, 0.1) is 0 Å². The lowest BCUT2D eigenvalue weighted by molar-refractivity contribution is -0.274. The Morgan fingerprint density at radius 2 is 1.60 bits per heavy atom. The Morgan fingerprint density at radius 1 is 0.975 bits per heavy atom. The van der Waals surface area contributed by atoms with Gasteiger partial charge < -0.3 is 24.2 Å². The zero-order valence-corrected chi connectivity index (χ0v) is 21.8. The quantitative estimate of drug-likeness (QED) is 0.229. The third-order valence-electron chi connectivity index (χ3n) is 5.59.